The predicted molar refractivity (Wildman–Crippen MR) is 103 cm³/mol. The minimum Gasteiger partial charge on any atom is -0.300 e. The summed E-state index contributed by atoms with van der Waals surface area (Å²) in [5.41, 5.74) is 6.07. The third kappa shape index (κ3) is 3.65. The van der Waals surface area contributed by atoms with Crippen molar-refractivity contribution in [2.75, 3.05) is 0 Å². The van der Waals surface area contributed by atoms with E-state index in [1.807, 2.05) is 43.0 Å². The Kier molecular flexibility index (Phi) is 5.02. The van der Waals surface area contributed by atoms with Crippen LogP contribution in [-0.4, -0.2) is 15.0 Å². The van der Waals surface area contributed by atoms with E-state index < -0.39 is 0 Å². The molecular formula is C22H24N4. The number of pyridine rings is 3. The Hall–Kier alpha value is -2.59. The van der Waals surface area contributed by atoms with Gasteiger partial charge < -0.3 is 5.32 Å². The van der Waals surface area contributed by atoms with Crippen LogP contribution in [0.2, 0.25) is 0 Å². The molecule has 1 fully saturated rings. The van der Waals surface area contributed by atoms with Gasteiger partial charge in [0, 0.05) is 31.2 Å². The largest absolute Gasteiger partial charge is 0.300 e. The fourth-order valence-corrected chi connectivity index (χ4v) is 3.87. The van der Waals surface area contributed by atoms with Crippen molar-refractivity contribution >= 4 is 0 Å². The third-order valence-corrected chi connectivity index (χ3v) is 5.14. The number of hydrogen-bond acceptors (Lipinski definition) is 4. The van der Waals surface area contributed by atoms with Crippen molar-refractivity contribution in [2.45, 2.75) is 44.7 Å². The van der Waals surface area contributed by atoms with Crippen LogP contribution in [0.4, 0.5) is 0 Å². The molecule has 0 spiro atoms. The van der Waals surface area contributed by atoms with Gasteiger partial charge in [0.05, 0.1) is 23.5 Å². The molecule has 1 N–H and O–H groups in total. The molecule has 2 atom stereocenters. The predicted octanol–water partition coefficient (Wildman–Crippen LogP) is 4.33. The molecule has 4 heterocycles. The van der Waals surface area contributed by atoms with Gasteiger partial charge in [0.25, 0.3) is 0 Å². The lowest BCUT2D eigenvalue weighted by molar-refractivity contribution is 0.319. The van der Waals surface area contributed by atoms with Crippen LogP contribution in [0.5, 0.6) is 0 Å². The highest BCUT2D eigenvalue weighted by Crippen LogP contribution is 2.33. The molecule has 4 heteroatoms. The number of nitrogens with zero attached hydrogens (tertiary/aromatic N) is 3. The Morgan fingerprint density at radius 2 is 1.65 bits per heavy atom. The normalized spacial score (nSPS) is 20.0. The number of hydrogen-bond donors (Lipinski definition) is 1. The minimum absolute atomic E-state index is 0.267. The van der Waals surface area contributed by atoms with Crippen LogP contribution in [0.25, 0.3) is 0 Å². The molecule has 0 bridgehead atoms. The summed E-state index contributed by atoms with van der Waals surface area (Å²) in [7, 11) is 0. The van der Waals surface area contributed by atoms with E-state index in [1.165, 1.54) is 28.8 Å². The molecule has 4 rings (SSSR count). The van der Waals surface area contributed by atoms with Gasteiger partial charge >= 0.3 is 0 Å². The molecule has 1 aliphatic heterocycles. The topological polar surface area (TPSA) is 50.7 Å². The van der Waals surface area contributed by atoms with Crippen LogP contribution >= 0.6 is 0 Å². The molecule has 0 radical (unpaired) electrons. The first-order chi connectivity index (χ1) is 12.8. The van der Waals surface area contributed by atoms with Crippen LogP contribution in [-0.2, 0) is 6.42 Å². The van der Waals surface area contributed by atoms with Crippen molar-refractivity contribution in [1.29, 1.82) is 0 Å². The van der Waals surface area contributed by atoms with Crippen LogP contribution in [0.3, 0.4) is 0 Å². The zero-order valence-electron chi connectivity index (χ0n) is 15.1. The summed E-state index contributed by atoms with van der Waals surface area (Å²) in [5, 5.41) is 3.81. The molecule has 3 aromatic rings. The van der Waals surface area contributed by atoms with Crippen molar-refractivity contribution in [1.82, 2.24) is 20.3 Å². The van der Waals surface area contributed by atoms with Gasteiger partial charge in [0.2, 0.25) is 0 Å². The van der Waals surface area contributed by atoms with E-state index in [9.17, 15) is 0 Å². The second-order valence-electron chi connectivity index (χ2n) is 6.99. The molecule has 0 amide bonds. The summed E-state index contributed by atoms with van der Waals surface area (Å²) in [6.45, 7) is 2.14. The smallest absolute Gasteiger partial charge is 0.0608 e. The average molecular weight is 344 g/mol. The van der Waals surface area contributed by atoms with E-state index in [2.05, 4.69) is 40.4 Å². The second kappa shape index (κ2) is 7.75. The number of rotatable bonds is 4. The van der Waals surface area contributed by atoms with Gasteiger partial charge in [0.1, 0.15) is 0 Å². The van der Waals surface area contributed by atoms with Crippen molar-refractivity contribution in [2.24, 2.45) is 0 Å². The van der Waals surface area contributed by atoms with Crippen LogP contribution in [0.15, 0.2) is 61.2 Å². The van der Waals surface area contributed by atoms with E-state index in [0.717, 1.165) is 25.0 Å². The summed E-state index contributed by atoms with van der Waals surface area (Å²) in [6.07, 6.45) is 11.8. The molecular weight excluding hydrogens is 320 g/mol. The van der Waals surface area contributed by atoms with Crippen molar-refractivity contribution in [3.63, 3.8) is 0 Å². The molecule has 26 heavy (non-hydrogen) atoms. The number of nitrogens with one attached hydrogen (secondary N) is 1. The summed E-state index contributed by atoms with van der Waals surface area (Å²) in [6, 6.07) is 13.0. The zero-order chi connectivity index (χ0) is 17.8. The lowest BCUT2D eigenvalue weighted by atomic mass is 9.90. The van der Waals surface area contributed by atoms with Crippen LogP contribution in [0.1, 0.15) is 59.4 Å². The maximum atomic E-state index is 4.75. The monoisotopic (exact) mass is 344 g/mol. The maximum Gasteiger partial charge on any atom is 0.0608 e. The quantitative estimate of drug-likeness (QED) is 0.765. The molecule has 0 aromatic carbocycles. The summed E-state index contributed by atoms with van der Waals surface area (Å²) in [4.78, 5) is 13.6. The first-order valence-electron chi connectivity index (χ1n) is 9.31. The van der Waals surface area contributed by atoms with Gasteiger partial charge in [0.15, 0.2) is 0 Å². The first kappa shape index (κ1) is 16.9. The third-order valence-electron chi connectivity index (χ3n) is 5.14. The summed E-state index contributed by atoms with van der Waals surface area (Å²) < 4.78 is 0. The van der Waals surface area contributed by atoms with Gasteiger partial charge in [-0.3, -0.25) is 15.0 Å². The SMILES string of the molecule is Cc1cccnc1C1CCCC(c2ncccc2Cc2cccnc2)N1. The molecule has 0 saturated carbocycles. The lowest BCUT2D eigenvalue weighted by Gasteiger charge is -2.32. The molecule has 0 aliphatic carbocycles. The highest BCUT2D eigenvalue weighted by Gasteiger charge is 2.27. The zero-order valence-corrected chi connectivity index (χ0v) is 15.1. The second-order valence-corrected chi connectivity index (χ2v) is 6.99. The van der Waals surface area contributed by atoms with Crippen molar-refractivity contribution in [3.8, 4) is 0 Å². The molecule has 2 unspecified atom stereocenters. The van der Waals surface area contributed by atoms with Gasteiger partial charge in [-0.05, 0) is 61.1 Å². The van der Waals surface area contributed by atoms with Gasteiger partial charge in [-0.2, -0.15) is 0 Å². The minimum atomic E-state index is 0.267. The number of aromatic nitrogens is 3. The maximum absolute atomic E-state index is 4.75. The Bertz CT molecular complexity index is 863. The number of piperidine rings is 1. The van der Waals surface area contributed by atoms with Gasteiger partial charge in [-0.25, -0.2) is 0 Å². The summed E-state index contributed by atoms with van der Waals surface area (Å²) in [5.74, 6) is 0. The van der Waals surface area contributed by atoms with E-state index in [0.29, 0.717) is 6.04 Å². The summed E-state index contributed by atoms with van der Waals surface area (Å²) >= 11 is 0. The van der Waals surface area contributed by atoms with Crippen molar-refractivity contribution < 1.29 is 0 Å². The average Bonchev–Trinajstić information content (AvgIpc) is 2.70. The molecule has 132 valence electrons. The Balaban J connectivity index is 1.58. The van der Waals surface area contributed by atoms with E-state index in [-0.39, 0.29) is 6.04 Å². The van der Waals surface area contributed by atoms with E-state index >= 15 is 0 Å². The molecule has 1 aliphatic rings. The standard InChI is InChI=1S/C22H24N4/c1-16-6-3-12-24-21(16)19-9-2-10-20(26-19)22-18(8-5-13-25-22)14-17-7-4-11-23-15-17/h3-8,11-13,15,19-20,26H,2,9-10,14H2,1H3. The number of aryl methyl sites for hydroxylation is 1. The van der Waals surface area contributed by atoms with E-state index in [4.69, 9.17) is 4.98 Å². The highest BCUT2D eigenvalue weighted by molar-refractivity contribution is 5.30. The Labute approximate surface area is 154 Å². The van der Waals surface area contributed by atoms with Crippen LogP contribution < -0.4 is 5.32 Å². The molecule has 3 aromatic heterocycles. The van der Waals surface area contributed by atoms with Crippen molar-refractivity contribution in [3.05, 3.63) is 89.3 Å². The lowest BCUT2D eigenvalue weighted by Crippen LogP contribution is -2.33. The van der Waals surface area contributed by atoms with Gasteiger partial charge in [-0.15, -0.1) is 0 Å². The highest BCUT2D eigenvalue weighted by atomic mass is 15.0. The molecule has 4 nitrogen and oxygen atoms in total. The Morgan fingerprint density at radius 1 is 0.923 bits per heavy atom. The first-order valence-corrected chi connectivity index (χ1v) is 9.31. The fraction of sp³-hybridized carbons (Fsp3) is 0.318. The van der Waals surface area contributed by atoms with Crippen LogP contribution in [0, 0.1) is 6.92 Å². The van der Waals surface area contributed by atoms with Gasteiger partial charge in [-0.1, -0.05) is 18.2 Å². The Morgan fingerprint density at radius 3 is 2.42 bits per heavy atom. The fourth-order valence-electron chi connectivity index (χ4n) is 3.87. The molecule has 1 saturated heterocycles. The van der Waals surface area contributed by atoms with E-state index in [1.54, 1.807) is 0 Å².